The van der Waals surface area contributed by atoms with Crippen LogP contribution in [0.25, 0.3) is 0 Å². The van der Waals surface area contributed by atoms with E-state index in [0.29, 0.717) is 0 Å². The minimum Gasteiger partial charge on any atom is -0.496 e. The van der Waals surface area contributed by atoms with E-state index in [2.05, 4.69) is 62.2 Å². The average molecular weight is 376 g/mol. The highest BCUT2D eigenvalue weighted by molar-refractivity contribution is 9.11. The Labute approximate surface area is 122 Å². The summed E-state index contributed by atoms with van der Waals surface area (Å²) in [6.45, 7) is 2.05. The summed E-state index contributed by atoms with van der Waals surface area (Å²) in [4.78, 5) is 1.50. The van der Waals surface area contributed by atoms with Crippen LogP contribution in [0.2, 0.25) is 0 Å². The largest absolute Gasteiger partial charge is 0.496 e. The molecule has 1 heterocycles. The number of ether oxygens (including phenoxy) is 1. The Balaban J connectivity index is 2.34. The van der Waals surface area contributed by atoms with Crippen LogP contribution in [0, 0.1) is 6.92 Å². The number of benzene rings is 1. The molecule has 4 heteroatoms. The SMILES string of the molecule is COc1cc(C(Br)c2ccc(Br)s2)ccc1C. The predicted octanol–water partition coefficient (Wildman–Crippen LogP) is 5.31. The van der Waals surface area contributed by atoms with Gasteiger partial charge >= 0.3 is 0 Å². The Morgan fingerprint density at radius 1 is 1.24 bits per heavy atom. The van der Waals surface area contributed by atoms with E-state index >= 15 is 0 Å². The van der Waals surface area contributed by atoms with Crippen molar-refractivity contribution in [1.82, 2.24) is 0 Å². The van der Waals surface area contributed by atoms with E-state index in [1.807, 2.05) is 6.92 Å². The summed E-state index contributed by atoms with van der Waals surface area (Å²) in [5.41, 5.74) is 2.37. The van der Waals surface area contributed by atoms with Crippen molar-refractivity contribution < 1.29 is 4.74 Å². The normalized spacial score (nSPS) is 12.5. The number of alkyl halides is 1. The zero-order chi connectivity index (χ0) is 12.4. The second-order valence-corrected chi connectivity index (χ2v) is 7.14. The molecule has 1 nitrogen and oxygen atoms in total. The molecule has 0 aliphatic rings. The molecule has 0 amide bonds. The zero-order valence-electron chi connectivity index (χ0n) is 9.54. The van der Waals surface area contributed by atoms with E-state index in [9.17, 15) is 0 Å². The number of hydrogen-bond donors (Lipinski definition) is 0. The minimum absolute atomic E-state index is 0.216. The Morgan fingerprint density at radius 2 is 2.00 bits per heavy atom. The summed E-state index contributed by atoms with van der Waals surface area (Å²) in [6, 6.07) is 10.5. The van der Waals surface area contributed by atoms with E-state index in [4.69, 9.17) is 4.74 Å². The van der Waals surface area contributed by atoms with Crippen molar-refractivity contribution in [1.29, 1.82) is 0 Å². The average Bonchev–Trinajstić information content (AvgIpc) is 2.75. The van der Waals surface area contributed by atoms with E-state index in [1.165, 1.54) is 10.4 Å². The van der Waals surface area contributed by atoms with Crippen molar-refractivity contribution in [2.45, 2.75) is 11.8 Å². The highest BCUT2D eigenvalue weighted by Gasteiger charge is 2.13. The van der Waals surface area contributed by atoms with Crippen molar-refractivity contribution in [3.63, 3.8) is 0 Å². The van der Waals surface area contributed by atoms with Gasteiger partial charge in [0.15, 0.2) is 0 Å². The summed E-state index contributed by atoms with van der Waals surface area (Å²) < 4.78 is 6.50. The molecule has 17 heavy (non-hydrogen) atoms. The van der Waals surface area contributed by atoms with Crippen molar-refractivity contribution in [3.8, 4) is 5.75 Å². The molecule has 90 valence electrons. The third-order valence-electron chi connectivity index (χ3n) is 2.57. The van der Waals surface area contributed by atoms with Gasteiger partial charge in [0.05, 0.1) is 15.7 Å². The Kier molecular flexibility index (Phi) is 4.28. The number of methoxy groups -OCH3 is 1. The smallest absolute Gasteiger partial charge is 0.122 e. The number of hydrogen-bond acceptors (Lipinski definition) is 2. The molecule has 0 bridgehead atoms. The molecule has 0 saturated carbocycles. The van der Waals surface area contributed by atoms with Gasteiger partial charge in [-0.25, -0.2) is 0 Å². The molecule has 0 aliphatic carbocycles. The zero-order valence-corrected chi connectivity index (χ0v) is 13.5. The van der Waals surface area contributed by atoms with Crippen LogP contribution in [0.3, 0.4) is 0 Å². The Bertz CT molecular complexity index is 522. The number of rotatable bonds is 3. The van der Waals surface area contributed by atoms with Crippen LogP contribution < -0.4 is 4.74 Å². The number of thiophene rings is 1. The minimum atomic E-state index is 0.216. The summed E-state index contributed by atoms with van der Waals surface area (Å²) in [6.07, 6.45) is 0. The first-order valence-electron chi connectivity index (χ1n) is 5.15. The molecule has 1 unspecified atom stereocenters. The molecular weight excluding hydrogens is 364 g/mol. The highest BCUT2D eigenvalue weighted by Crippen LogP contribution is 2.38. The molecular formula is C13H12Br2OS. The maximum atomic E-state index is 5.35. The van der Waals surface area contributed by atoms with E-state index < -0.39 is 0 Å². The molecule has 0 N–H and O–H groups in total. The van der Waals surface area contributed by atoms with Gasteiger partial charge in [-0.05, 0) is 52.2 Å². The van der Waals surface area contributed by atoms with E-state index in [0.717, 1.165) is 15.1 Å². The van der Waals surface area contributed by atoms with Gasteiger partial charge in [0.25, 0.3) is 0 Å². The third kappa shape index (κ3) is 2.92. The lowest BCUT2D eigenvalue weighted by atomic mass is 10.1. The fraction of sp³-hybridized carbons (Fsp3) is 0.231. The van der Waals surface area contributed by atoms with Crippen LogP contribution in [0.4, 0.5) is 0 Å². The quantitative estimate of drug-likeness (QED) is 0.660. The first-order valence-corrected chi connectivity index (χ1v) is 7.68. The first-order chi connectivity index (χ1) is 8.11. The number of aryl methyl sites for hydroxylation is 1. The summed E-state index contributed by atoms with van der Waals surface area (Å²) >= 11 is 8.95. The third-order valence-corrected chi connectivity index (χ3v) is 5.58. The molecule has 1 aromatic heterocycles. The standard InChI is InChI=1S/C13H12Br2OS/c1-8-3-4-9(7-10(8)16-2)13(15)11-5-6-12(14)17-11/h3-7,13H,1-2H3. The Morgan fingerprint density at radius 3 is 2.59 bits per heavy atom. The van der Waals surface area contributed by atoms with Crippen LogP contribution in [-0.2, 0) is 0 Å². The summed E-state index contributed by atoms with van der Waals surface area (Å²) in [5, 5.41) is 0. The maximum Gasteiger partial charge on any atom is 0.122 e. The molecule has 0 fully saturated rings. The van der Waals surface area contributed by atoms with Gasteiger partial charge in [0, 0.05) is 4.88 Å². The summed E-state index contributed by atoms with van der Waals surface area (Å²) in [5.74, 6) is 0.933. The molecule has 1 atom stereocenters. The Hall–Kier alpha value is -0.320. The molecule has 0 radical (unpaired) electrons. The lowest BCUT2D eigenvalue weighted by molar-refractivity contribution is 0.411. The maximum absolute atomic E-state index is 5.35. The second kappa shape index (κ2) is 5.55. The van der Waals surface area contributed by atoms with Crippen molar-refractivity contribution >= 4 is 43.2 Å². The van der Waals surface area contributed by atoms with Crippen LogP contribution in [0.1, 0.15) is 20.8 Å². The van der Waals surface area contributed by atoms with Crippen molar-refractivity contribution in [3.05, 3.63) is 50.1 Å². The van der Waals surface area contributed by atoms with Gasteiger partial charge in [-0.1, -0.05) is 28.1 Å². The monoisotopic (exact) mass is 374 g/mol. The van der Waals surface area contributed by atoms with Gasteiger partial charge in [0.2, 0.25) is 0 Å². The van der Waals surface area contributed by atoms with E-state index in [1.54, 1.807) is 18.4 Å². The molecule has 0 saturated heterocycles. The lowest BCUT2D eigenvalue weighted by Gasteiger charge is -2.11. The molecule has 0 spiro atoms. The van der Waals surface area contributed by atoms with Gasteiger partial charge in [-0.3, -0.25) is 0 Å². The molecule has 2 rings (SSSR count). The van der Waals surface area contributed by atoms with Crippen LogP contribution >= 0.6 is 43.2 Å². The number of halogens is 2. The van der Waals surface area contributed by atoms with Crippen molar-refractivity contribution in [2.24, 2.45) is 0 Å². The predicted molar refractivity (Wildman–Crippen MR) is 80.5 cm³/mol. The fourth-order valence-corrected chi connectivity index (χ4v) is 3.77. The molecule has 2 aromatic rings. The molecule has 0 aliphatic heterocycles. The lowest BCUT2D eigenvalue weighted by Crippen LogP contribution is -1.93. The van der Waals surface area contributed by atoms with Gasteiger partial charge in [-0.2, -0.15) is 0 Å². The van der Waals surface area contributed by atoms with Crippen LogP contribution in [-0.4, -0.2) is 7.11 Å². The van der Waals surface area contributed by atoms with Crippen LogP contribution in [0.5, 0.6) is 5.75 Å². The molecule has 1 aromatic carbocycles. The van der Waals surface area contributed by atoms with Gasteiger partial charge in [-0.15, -0.1) is 11.3 Å². The highest BCUT2D eigenvalue weighted by atomic mass is 79.9. The van der Waals surface area contributed by atoms with Crippen LogP contribution in [0.15, 0.2) is 34.1 Å². The van der Waals surface area contributed by atoms with Gasteiger partial charge < -0.3 is 4.74 Å². The van der Waals surface area contributed by atoms with E-state index in [-0.39, 0.29) is 4.83 Å². The first kappa shape index (κ1) is 13.1. The fourth-order valence-electron chi connectivity index (χ4n) is 1.62. The topological polar surface area (TPSA) is 9.23 Å². The van der Waals surface area contributed by atoms with Crippen molar-refractivity contribution in [2.75, 3.05) is 7.11 Å². The summed E-state index contributed by atoms with van der Waals surface area (Å²) in [7, 11) is 1.71. The van der Waals surface area contributed by atoms with Gasteiger partial charge in [0.1, 0.15) is 5.75 Å². The second-order valence-electron chi connectivity index (χ2n) is 3.73.